The zero-order valence-corrected chi connectivity index (χ0v) is 33.9. The molecule has 8 nitrogen and oxygen atoms in total. The van der Waals surface area contributed by atoms with E-state index in [0.29, 0.717) is 6.42 Å². The van der Waals surface area contributed by atoms with E-state index < -0.39 is 20.0 Å². The van der Waals surface area contributed by atoms with Crippen LogP contribution in [0.25, 0.3) is 0 Å². The van der Waals surface area contributed by atoms with E-state index in [1.54, 1.807) is 6.08 Å². The van der Waals surface area contributed by atoms with E-state index in [0.717, 1.165) is 77.0 Å². The molecular formula is C43H77N2O6P. The van der Waals surface area contributed by atoms with Gasteiger partial charge in [0.25, 0.3) is 0 Å². The summed E-state index contributed by atoms with van der Waals surface area (Å²) in [6.07, 6.45) is 49.5. The van der Waals surface area contributed by atoms with Gasteiger partial charge in [-0.25, -0.2) is 4.57 Å². The Hall–Kier alpha value is -2.06. The SMILES string of the molecule is CC/C=C\C/C=C\C/C=C\C/C=C\CCCCCCCCC(=O)NC(COP(=O)(O)OCCN)C(O)/C=C/CC/C=C/CCCCCCCCCC. The Bertz CT molecular complexity index is 1040. The molecule has 0 rings (SSSR count). The number of phosphoric ester groups is 1. The van der Waals surface area contributed by atoms with Gasteiger partial charge >= 0.3 is 7.82 Å². The average Bonchev–Trinajstić information content (AvgIpc) is 3.13. The van der Waals surface area contributed by atoms with Gasteiger partial charge in [-0.2, -0.15) is 0 Å². The molecule has 1 amide bonds. The highest BCUT2D eigenvalue weighted by Gasteiger charge is 2.26. The number of nitrogens with one attached hydrogen (secondary N) is 1. The van der Waals surface area contributed by atoms with Crippen LogP contribution in [0.2, 0.25) is 0 Å². The molecule has 5 N–H and O–H groups in total. The van der Waals surface area contributed by atoms with Gasteiger partial charge in [0, 0.05) is 13.0 Å². The zero-order valence-electron chi connectivity index (χ0n) is 33.0. The van der Waals surface area contributed by atoms with Crippen molar-refractivity contribution in [2.24, 2.45) is 5.73 Å². The quantitative estimate of drug-likeness (QED) is 0.0282. The second kappa shape index (κ2) is 38.7. The maximum absolute atomic E-state index is 12.7. The molecule has 9 heteroatoms. The number of nitrogens with two attached hydrogens (primary N) is 1. The van der Waals surface area contributed by atoms with Crippen LogP contribution in [0.5, 0.6) is 0 Å². The van der Waals surface area contributed by atoms with Gasteiger partial charge in [0.1, 0.15) is 0 Å². The molecule has 3 atom stereocenters. The standard InChI is InChI=1S/C43H77N2O6P/c1-3-5-7-9-11-13-15-17-19-20-21-22-23-25-27-29-31-33-35-37-43(47)45-41(40-51-52(48,49)50-39-38-44)42(46)36-34-32-30-28-26-24-18-16-14-12-10-8-6-4-2/h5,7,11,13,17,19,21-22,26,28,34,36,41-42,46H,3-4,6,8-10,12,14-16,18,20,23-25,27,29-33,35,37-40,44H2,1-2H3,(H,45,47)(H,48,49)/b7-5-,13-11-,19-17-,22-21-,28-26+,36-34+. The molecule has 0 spiro atoms. The fraction of sp³-hybridized carbons (Fsp3) is 0.698. The number of carbonyl (C=O) groups is 1. The van der Waals surface area contributed by atoms with Crippen LogP contribution in [-0.2, 0) is 18.4 Å². The summed E-state index contributed by atoms with van der Waals surface area (Å²) in [6, 6.07) is -0.887. The van der Waals surface area contributed by atoms with Gasteiger partial charge in [-0.15, -0.1) is 0 Å². The number of unbranched alkanes of at least 4 members (excludes halogenated alkanes) is 15. The molecule has 0 aliphatic carbocycles. The summed E-state index contributed by atoms with van der Waals surface area (Å²) in [5.41, 5.74) is 5.36. The molecule has 0 aliphatic heterocycles. The number of hydrogen-bond acceptors (Lipinski definition) is 6. The fourth-order valence-corrected chi connectivity index (χ4v) is 6.19. The minimum absolute atomic E-state index is 0.0678. The molecule has 0 saturated carbocycles. The fourth-order valence-electron chi connectivity index (χ4n) is 5.43. The summed E-state index contributed by atoms with van der Waals surface area (Å²) in [6.45, 7) is 3.96. The summed E-state index contributed by atoms with van der Waals surface area (Å²) in [5.74, 6) is -0.222. The molecule has 0 aromatic carbocycles. The zero-order chi connectivity index (χ0) is 38.2. The van der Waals surface area contributed by atoms with Crippen LogP contribution in [0.3, 0.4) is 0 Å². The maximum atomic E-state index is 12.7. The minimum Gasteiger partial charge on any atom is -0.387 e. The van der Waals surface area contributed by atoms with Gasteiger partial charge < -0.3 is 21.1 Å². The second-order valence-corrected chi connectivity index (χ2v) is 14.9. The van der Waals surface area contributed by atoms with Crippen molar-refractivity contribution < 1.29 is 28.4 Å². The summed E-state index contributed by atoms with van der Waals surface area (Å²) in [7, 11) is -4.35. The van der Waals surface area contributed by atoms with E-state index in [4.69, 9.17) is 14.8 Å². The van der Waals surface area contributed by atoms with Gasteiger partial charge in [0.05, 0.1) is 25.4 Å². The Morgan fingerprint density at radius 3 is 1.71 bits per heavy atom. The molecule has 0 heterocycles. The first kappa shape index (κ1) is 49.9. The van der Waals surface area contributed by atoms with Crippen LogP contribution < -0.4 is 11.1 Å². The summed E-state index contributed by atoms with van der Waals surface area (Å²) in [4.78, 5) is 22.7. The summed E-state index contributed by atoms with van der Waals surface area (Å²) >= 11 is 0. The van der Waals surface area contributed by atoms with Crippen molar-refractivity contribution in [1.82, 2.24) is 5.32 Å². The van der Waals surface area contributed by atoms with E-state index in [9.17, 15) is 19.4 Å². The maximum Gasteiger partial charge on any atom is 0.472 e. The van der Waals surface area contributed by atoms with Crippen molar-refractivity contribution in [2.75, 3.05) is 19.8 Å². The molecular weight excluding hydrogens is 671 g/mol. The van der Waals surface area contributed by atoms with Gasteiger partial charge in [0.2, 0.25) is 5.91 Å². The molecule has 300 valence electrons. The Kier molecular flexibility index (Phi) is 37.1. The highest BCUT2D eigenvalue weighted by molar-refractivity contribution is 7.47. The molecule has 0 aliphatic rings. The Labute approximate surface area is 318 Å². The van der Waals surface area contributed by atoms with Crippen LogP contribution in [0.15, 0.2) is 72.9 Å². The molecule has 52 heavy (non-hydrogen) atoms. The number of rotatable bonds is 37. The predicted octanol–water partition coefficient (Wildman–Crippen LogP) is 11.3. The van der Waals surface area contributed by atoms with Crippen LogP contribution in [0.4, 0.5) is 0 Å². The molecule has 3 unspecified atom stereocenters. The van der Waals surface area contributed by atoms with Crippen molar-refractivity contribution in [3.05, 3.63) is 72.9 Å². The topological polar surface area (TPSA) is 131 Å². The summed E-state index contributed by atoms with van der Waals surface area (Å²) < 4.78 is 22.1. The minimum atomic E-state index is -4.35. The lowest BCUT2D eigenvalue weighted by Crippen LogP contribution is -2.45. The van der Waals surface area contributed by atoms with Crippen molar-refractivity contribution in [2.45, 2.75) is 174 Å². The molecule has 0 aromatic rings. The largest absolute Gasteiger partial charge is 0.472 e. The molecule has 0 bridgehead atoms. The van der Waals surface area contributed by atoms with E-state index >= 15 is 0 Å². The molecule has 0 aromatic heterocycles. The highest BCUT2D eigenvalue weighted by Crippen LogP contribution is 2.43. The van der Waals surface area contributed by atoms with Crippen molar-refractivity contribution in [3.8, 4) is 0 Å². The number of allylic oxidation sites excluding steroid dienone is 11. The molecule has 0 radical (unpaired) electrons. The third-order valence-electron chi connectivity index (χ3n) is 8.52. The number of aliphatic hydroxyl groups is 1. The lowest BCUT2D eigenvalue weighted by atomic mass is 10.1. The van der Waals surface area contributed by atoms with Gasteiger partial charge in [-0.1, -0.05) is 157 Å². The Morgan fingerprint density at radius 2 is 1.13 bits per heavy atom. The lowest BCUT2D eigenvalue weighted by molar-refractivity contribution is -0.123. The van der Waals surface area contributed by atoms with Crippen LogP contribution in [-0.4, -0.2) is 47.8 Å². The number of carbonyl (C=O) groups excluding carboxylic acids is 1. The average molecular weight is 749 g/mol. The van der Waals surface area contributed by atoms with Gasteiger partial charge in [-0.3, -0.25) is 13.8 Å². The van der Waals surface area contributed by atoms with Crippen LogP contribution in [0.1, 0.15) is 162 Å². The van der Waals surface area contributed by atoms with Crippen LogP contribution in [0, 0.1) is 0 Å². The van der Waals surface area contributed by atoms with Crippen molar-refractivity contribution >= 4 is 13.7 Å². The summed E-state index contributed by atoms with van der Waals surface area (Å²) in [5, 5.41) is 13.6. The van der Waals surface area contributed by atoms with E-state index in [2.05, 4.69) is 79.9 Å². The Morgan fingerprint density at radius 1 is 0.654 bits per heavy atom. The van der Waals surface area contributed by atoms with E-state index in [1.807, 2.05) is 6.08 Å². The first-order valence-electron chi connectivity index (χ1n) is 20.6. The van der Waals surface area contributed by atoms with Crippen LogP contribution >= 0.6 is 7.82 Å². The van der Waals surface area contributed by atoms with Gasteiger partial charge in [0.15, 0.2) is 0 Å². The first-order chi connectivity index (χ1) is 25.4. The van der Waals surface area contributed by atoms with E-state index in [1.165, 1.54) is 64.2 Å². The number of aliphatic hydroxyl groups excluding tert-OH is 1. The van der Waals surface area contributed by atoms with Crippen molar-refractivity contribution in [1.29, 1.82) is 0 Å². The van der Waals surface area contributed by atoms with Crippen molar-refractivity contribution in [3.63, 3.8) is 0 Å². The van der Waals surface area contributed by atoms with Gasteiger partial charge in [-0.05, 0) is 70.6 Å². The highest BCUT2D eigenvalue weighted by atomic mass is 31.2. The number of phosphoric acid groups is 1. The van der Waals surface area contributed by atoms with E-state index in [-0.39, 0.29) is 25.7 Å². The monoisotopic (exact) mass is 749 g/mol. The normalized spacial score (nSPS) is 14.9. The Balaban J connectivity index is 4.33. The third-order valence-corrected chi connectivity index (χ3v) is 9.50. The molecule has 0 fully saturated rings. The first-order valence-corrected chi connectivity index (χ1v) is 22.1. The predicted molar refractivity (Wildman–Crippen MR) is 221 cm³/mol. The lowest BCUT2D eigenvalue weighted by Gasteiger charge is -2.23. The third kappa shape index (κ3) is 36.3. The molecule has 0 saturated heterocycles. The smallest absolute Gasteiger partial charge is 0.387 e. The number of hydrogen-bond donors (Lipinski definition) is 4. The second-order valence-electron chi connectivity index (χ2n) is 13.5. The number of amides is 1.